The van der Waals surface area contributed by atoms with E-state index in [-0.39, 0.29) is 18.0 Å². The minimum absolute atomic E-state index is 0.167. The standard InChI is InChI=1S/C16H18N2O4S/c1-3-5-9-13-17(14-10-6-4-2)23(21,22)16-12-8-7-11-15(16)18(19)20/h7-8,11-12H,9-10,13-14H2,1-2H3. The zero-order valence-electron chi connectivity index (χ0n) is 13.1. The third-order valence-corrected chi connectivity index (χ3v) is 4.95. The number of benzene rings is 1. The van der Waals surface area contributed by atoms with E-state index in [1.807, 2.05) is 0 Å². The van der Waals surface area contributed by atoms with Gasteiger partial charge < -0.3 is 0 Å². The molecule has 1 rings (SSSR count). The van der Waals surface area contributed by atoms with Crippen LogP contribution in [0.3, 0.4) is 0 Å². The van der Waals surface area contributed by atoms with Crippen molar-refractivity contribution in [2.24, 2.45) is 0 Å². The first-order valence-corrected chi connectivity index (χ1v) is 8.42. The second kappa shape index (κ2) is 8.94. The van der Waals surface area contributed by atoms with Crippen LogP contribution < -0.4 is 0 Å². The summed E-state index contributed by atoms with van der Waals surface area (Å²) >= 11 is 0. The van der Waals surface area contributed by atoms with Crippen LogP contribution in [0.25, 0.3) is 0 Å². The Morgan fingerprint density at radius 1 is 1.09 bits per heavy atom. The fourth-order valence-corrected chi connectivity index (χ4v) is 3.53. The molecule has 0 saturated heterocycles. The Balaban J connectivity index is 3.21. The van der Waals surface area contributed by atoms with Gasteiger partial charge in [-0.3, -0.25) is 10.1 Å². The predicted octanol–water partition coefficient (Wildman–Crippen LogP) is 2.41. The SMILES string of the molecule is CC#CCCN(CCC#CC)S(=O)(=O)c1ccccc1[N+](=O)[O-]. The molecule has 0 bridgehead atoms. The minimum Gasteiger partial charge on any atom is -0.258 e. The van der Waals surface area contributed by atoms with Crippen LogP contribution in [0.5, 0.6) is 0 Å². The van der Waals surface area contributed by atoms with Gasteiger partial charge in [-0.2, -0.15) is 4.31 Å². The van der Waals surface area contributed by atoms with E-state index < -0.39 is 20.6 Å². The van der Waals surface area contributed by atoms with Gasteiger partial charge in [0.25, 0.3) is 5.69 Å². The lowest BCUT2D eigenvalue weighted by Gasteiger charge is -2.20. The summed E-state index contributed by atoms with van der Waals surface area (Å²) < 4.78 is 26.7. The summed E-state index contributed by atoms with van der Waals surface area (Å²) in [6.45, 7) is 3.67. The molecule has 1 aromatic carbocycles. The van der Waals surface area contributed by atoms with E-state index in [4.69, 9.17) is 0 Å². The van der Waals surface area contributed by atoms with Crippen molar-refractivity contribution in [1.82, 2.24) is 4.31 Å². The third-order valence-electron chi connectivity index (χ3n) is 3.01. The summed E-state index contributed by atoms with van der Waals surface area (Å²) in [5.74, 6) is 11.0. The second-order valence-corrected chi connectivity index (χ2v) is 6.39. The van der Waals surface area contributed by atoms with E-state index in [0.717, 1.165) is 0 Å². The molecule has 6 nitrogen and oxygen atoms in total. The molecule has 23 heavy (non-hydrogen) atoms. The lowest BCUT2D eigenvalue weighted by Crippen LogP contribution is -2.33. The first-order valence-electron chi connectivity index (χ1n) is 6.98. The number of hydrogen-bond acceptors (Lipinski definition) is 4. The number of nitrogens with zero attached hydrogens (tertiary/aromatic N) is 2. The molecular weight excluding hydrogens is 316 g/mol. The summed E-state index contributed by atoms with van der Waals surface area (Å²) in [6.07, 6.45) is 0.714. The van der Waals surface area contributed by atoms with Gasteiger partial charge in [-0.15, -0.1) is 23.7 Å². The number of nitro groups is 1. The minimum atomic E-state index is -3.98. The van der Waals surface area contributed by atoms with Crippen molar-refractivity contribution in [3.05, 3.63) is 34.4 Å². The van der Waals surface area contributed by atoms with Gasteiger partial charge in [0.2, 0.25) is 10.0 Å². The molecule has 0 N–H and O–H groups in total. The van der Waals surface area contributed by atoms with Gasteiger partial charge in [-0.25, -0.2) is 8.42 Å². The van der Waals surface area contributed by atoms with Gasteiger partial charge in [0.15, 0.2) is 4.90 Å². The summed E-state index contributed by atoms with van der Waals surface area (Å²) in [5.41, 5.74) is -0.430. The molecule has 7 heteroatoms. The molecule has 0 amide bonds. The molecule has 0 aromatic heterocycles. The predicted molar refractivity (Wildman–Crippen MR) is 88.0 cm³/mol. The summed E-state index contributed by atoms with van der Waals surface area (Å²) in [6, 6.07) is 5.34. The van der Waals surface area contributed by atoms with Crippen molar-refractivity contribution < 1.29 is 13.3 Å². The number of para-hydroxylation sites is 1. The Hall–Kier alpha value is -2.35. The third kappa shape index (κ3) is 5.10. The molecule has 0 atom stereocenters. The zero-order chi connectivity index (χ0) is 17.3. The summed E-state index contributed by atoms with van der Waals surface area (Å²) in [4.78, 5) is 10.1. The van der Waals surface area contributed by atoms with Gasteiger partial charge in [0.05, 0.1) is 4.92 Å². The average molecular weight is 334 g/mol. The number of nitro benzene ring substituents is 1. The maximum absolute atomic E-state index is 12.8. The van der Waals surface area contributed by atoms with E-state index in [9.17, 15) is 18.5 Å². The fourth-order valence-electron chi connectivity index (χ4n) is 1.93. The van der Waals surface area contributed by atoms with Crippen molar-refractivity contribution in [1.29, 1.82) is 0 Å². The molecule has 0 heterocycles. The van der Waals surface area contributed by atoms with Gasteiger partial charge in [0, 0.05) is 32.0 Å². The topological polar surface area (TPSA) is 80.5 Å². The average Bonchev–Trinajstić information content (AvgIpc) is 2.53. The fraction of sp³-hybridized carbons (Fsp3) is 0.375. The highest BCUT2D eigenvalue weighted by Crippen LogP contribution is 2.26. The Morgan fingerprint density at radius 3 is 2.09 bits per heavy atom. The first-order chi connectivity index (χ1) is 10.9. The molecule has 1 aromatic rings. The van der Waals surface area contributed by atoms with Crippen LogP contribution in [-0.4, -0.2) is 30.7 Å². The van der Waals surface area contributed by atoms with Crippen LogP contribution in [0, 0.1) is 33.8 Å². The highest BCUT2D eigenvalue weighted by atomic mass is 32.2. The number of sulfonamides is 1. The summed E-state index contributed by atoms with van der Waals surface area (Å²) in [5, 5.41) is 11.1. The molecule has 0 fully saturated rings. The second-order valence-electron chi connectivity index (χ2n) is 4.48. The maximum Gasteiger partial charge on any atom is 0.289 e. The van der Waals surface area contributed by atoms with Gasteiger partial charge in [-0.1, -0.05) is 12.1 Å². The smallest absolute Gasteiger partial charge is 0.258 e. The van der Waals surface area contributed by atoms with Crippen molar-refractivity contribution >= 4 is 15.7 Å². The van der Waals surface area contributed by atoms with Crippen LogP contribution in [0.4, 0.5) is 5.69 Å². The van der Waals surface area contributed by atoms with E-state index in [1.165, 1.54) is 28.6 Å². The highest BCUT2D eigenvalue weighted by Gasteiger charge is 2.30. The Morgan fingerprint density at radius 2 is 1.61 bits per heavy atom. The highest BCUT2D eigenvalue weighted by molar-refractivity contribution is 7.89. The van der Waals surface area contributed by atoms with Crippen LogP contribution in [0.2, 0.25) is 0 Å². The van der Waals surface area contributed by atoms with Crippen molar-refractivity contribution in [2.75, 3.05) is 13.1 Å². The Bertz CT molecular complexity index is 756. The molecule has 0 aliphatic heterocycles. The molecule has 122 valence electrons. The molecule has 0 radical (unpaired) electrons. The largest absolute Gasteiger partial charge is 0.289 e. The molecular formula is C16H18N2O4S. The maximum atomic E-state index is 12.8. The van der Waals surface area contributed by atoms with Crippen LogP contribution in [-0.2, 0) is 10.0 Å². The lowest BCUT2D eigenvalue weighted by molar-refractivity contribution is -0.387. The van der Waals surface area contributed by atoms with Crippen molar-refractivity contribution in [3.8, 4) is 23.7 Å². The van der Waals surface area contributed by atoms with E-state index in [0.29, 0.717) is 12.8 Å². The van der Waals surface area contributed by atoms with E-state index in [1.54, 1.807) is 13.8 Å². The van der Waals surface area contributed by atoms with Gasteiger partial charge in [-0.05, 0) is 19.9 Å². The lowest BCUT2D eigenvalue weighted by atomic mass is 10.3. The monoisotopic (exact) mass is 334 g/mol. The summed E-state index contributed by atoms with van der Waals surface area (Å²) in [7, 11) is -3.98. The van der Waals surface area contributed by atoms with Crippen LogP contribution in [0.1, 0.15) is 26.7 Å². The number of hydrogen-bond donors (Lipinski definition) is 0. The van der Waals surface area contributed by atoms with Crippen LogP contribution >= 0.6 is 0 Å². The zero-order valence-corrected chi connectivity index (χ0v) is 13.9. The molecule has 0 spiro atoms. The quantitative estimate of drug-likeness (QED) is 0.436. The van der Waals surface area contributed by atoms with Crippen molar-refractivity contribution in [2.45, 2.75) is 31.6 Å². The van der Waals surface area contributed by atoms with Gasteiger partial charge in [0.1, 0.15) is 0 Å². The molecule has 0 unspecified atom stereocenters. The Labute approximate surface area is 136 Å². The normalized spacial score (nSPS) is 10.4. The molecule has 0 saturated carbocycles. The molecule has 0 aliphatic carbocycles. The molecule has 0 aliphatic rings. The Kier molecular flexibility index (Phi) is 7.27. The first kappa shape index (κ1) is 18.7. The van der Waals surface area contributed by atoms with Crippen LogP contribution in [0.15, 0.2) is 29.2 Å². The van der Waals surface area contributed by atoms with Crippen molar-refractivity contribution in [3.63, 3.8) is 0 Å². The number of rotatable bonds is 7. The van der Waals surface area contributed by atoms with Gasteiger partial charge >= 0.3 is 0 Å². The van der Waals surface area contributed by atoms with E-state index in [2.05, 4.69) is 23.7 Å². The van der Waals surface area contributed by atoms with E-state index >= 15 is 0 Å².